The van der Waals surface area contributed by atoms with Gasteiger partial charge in [0.15, 0.2) is 0 Å². The first-order valence-corrected chi connectivity index (χ1v) is 9.38. The fraction of sp³-hybridized carbons (Fsp3) is 0. The number of amides is 1. The van der Waals surface area contributed by atoms with Gasteiger partial charge >= 0.3 is 0 Å². The summed E-state index contributed by atoms with van der Waals surface area (Å²) in [7, 11) is 0. The zero-order valence-electron chi connectivity index (χ0n) is 14.1. The second kappa shape index (κ2) is 6.34. The van der Waals surface area contributed by atoms with E-state index in [1.165, 1.54) is 0 Å². The quantitative estimate of drug-likeness (QED) is 0.510. The topological polar surface area (TPSA) is 66.9 Å². The largest absolute Gasteiger partial charge is 0.361 e. The second-order valence-electron chi connectivity index (χ2n) is 6.20. The smallest absolute Gasteiger partial charge is 0.259 e. The van der Waals surface area contributed by atoms with Crippen LogP contribution in [0.15, 0.2) is 71.8 Å². The van der Waals surface area contributed by atoms with Crippen LogP contribution >= 0.6 is 11.3 Å². The monoisotopic (exact) mass is 370 g/mol. The average molecular weight is 370 g/mol. The van der Waals surface area contributed by atoms with Crippen LogP contribution in [-0.4, -0.2) is 15.9 Å². The summed E-state index contributed by atoms with van der Waals surface area (Å²) in [5, 5.41) is 11.2. The highest BCUT2D eigenvalue weighted by Gasteiger charge is 2.26. The van der Waals surface area contributed by atoms with E-state index in [4.69, 9.17) is 0 Å². The molecule has 0 saturated carbocycles. The Hall–Kier alpha value is -3.51. The molecule has 5 rings (SSSR count). The lowest BCUT2D eigenvalue weighted by Gasteiger charge is -2.05. The first kappa shape index (κ1) is 15.7. The van der Waals surface area contributed by atoms with Gasteiger partial charge in [0.25, 0.3) is 5.91 Å². The summed E-state index contributed by atoms with van der Waals surface area (Å²) in [5.41, 5.74) is 5.30. The van der Waals surface area contributed by atoms with Gasteiger partial charge < -0.3 is 10.6 Å². The third-order valence-corrected chi connectivity index (χ3v) is 5.18. The molecular weight excluding hydrogens is 356 g/mol. The van der Waals surface area contributed by atoms with Crippen LogP contribution in [0, 0.1) is 0 Å². The van der Waals surface area contributed by atoms with Crippen molar-refractivity contribution in [3.8, 4) is 11.1 Å². The van der Waals surface area contributed by atoms with Crippen LogP contribution in [0.2, 0.25) is 0 Å². The molecule has 0 aliphatic carbocycles. The summed E-state index contributed by atoms with van der Waals surface area (Å²) < 4.78 is 0. The predicted molar refractivity (Wildman–Crippen MR) is 110 cm³/mol. The minimum atomic E-state index is -0.157. The van der Waals surface area contributed by atoms with E-state index in [1.54, 1.807) is 29.9 Å². The number of nitrogens with one attached hydrogen (secondary N) is 2. The van der Waals surface area contributed by atoms with Crippen LogP contribution < -0.4 is 10.6 Å². The summed E-state index contributed by atoms with van der Waals surface area (Å²) in [5.74, 6) is 0.435. The van der Waals surface area contributed by atoms with Gasteiger partial charge in [-0.2, -0.15) is 11.3 Å². The van der Waals surface area contributed by atoms with Crippen molar-refractivity contribution in [3.63, 3.8) is 0 Å². The molecule has 6 heteroatoms. The third kappa shape index (κ3) is 2.86. The van der Waals surface area contributed by atoms with Gasteiger partial charge in [-0.1, -0.05) is 6.07 Å². The molecule has 130 valence electrons. The molecule has 0 unspecified atom stereocenters. The van der Waals surface area contributed by atoms with Crippen molar-refractivity contribution < 1.29 is 4.79 Å². The van der Waals surface area contributed by atoms with Crippen molar-refractivity contribution in [3.05, 3.63) is 77.4 Å². The van der Waals surface area contributed by atoms with Crippen molar-refractivity contribution in [1.82, 2.24) is 9.97 Å². The molecule has 0 radical (unpaired) electrons. The minimum Gasteiger partial charge on any atom is -0.361 e. The van der Waals surface area contributed by atoms with E-state index in [9.17, 15) is 4.79 Å². The highest BCUT2D eigenvalue weighted by molar-refractivity contribution is 7.08. The van der Waals surface area contributed by atoms with Crippen molar-refractivity contribution in [2.24, 2.45) is 0 Å². The van der Waals surface area contributed by atoms with Gasteiger partial charge in [0.05, 0.1) is 11.1 Å². The van der Waals surface area contributed by atoms with Gasteiger partial charge in [0.1, 0.15) is 5.82 Å². The van der Waals surface area contributed by atoms with Crippen molar-refractivity contribution >= 4 is 45.2 Å². The Labute approximate surface area is 159 Å². The number of carbonyl (C=O) groups is 1. The molecule has 1 aliphatic heterocycles. The normalized spacial score (nSPS) is 14.4. The van der Waals surface area contributed by atoms with E-state index >= 15 is 0 Å². The van der Waals surface area contributed by atoms with Crippen LogP contribution in [-0.2, 0) is 4.79 Å². The maximum Gasteiger partial charge on any atom is 0.259 e. The maximum atomic E-state index is 12.4. The van der Waals surface area contributed by atoms with E-state index in [0.29, 0.717) is 11.4 Å². The number of carbonyl (C=O) groups excluding carboxylic acids is 1. The number of aromatic nitrogens is 2. The molecule has 1 aromatic carbocycles. The van der Waals surface area contributed by atoms with Crippen LogP contribution in [0.5, 0.6) is 0 Å². The lowest BCUT2D eigenvalue weighted by molar-refractivity contribution is -0.110. The van der Waals surface area contributed by atoms with Crippen LogP contribution in [0.1, 0.15) is 5.56 Å². The number of benzene rings is 1. The Balaban J connectivity index is 1.49. The molecule has 0 fully saturated rings. The molecule has 4 heterocycles. The number of rotatable bonds is 3. The Kier molecular flexibility index (Phi) is 3.69. The van der Waals surface area contributed by atoms with E-state index in [-0.39, 0.29) is 5.91 Å². The van der Waals surface area contributed by atoms with Crippen LogP contribution in [0.25, 0.3) is 27.6 Å². The maximum absolute atomic E-state index is 12.4. The predicted octanol–water partition coefficient (Wildman–Crippen LogP) is 4.76. The Bertz CT molecular complexity index is 1200. The van der Waals surface area contributed by atoms with Gasteiger partial charge in [-0.05, 0) is 52.7 Å². The Morgan fingerprint density at radius 1 is 1.07 bits per heavy atom. The van der Waals surface area contributed by atoms with Gasteiger partial charge in [0.2, 0.25) is 0 Å². The lowest BCUT2D eigenvalue weighted by Crippen LogP contribution is -2.05. The molecule has 0 atom stereocenters. The summed E-state index contributed by atoms with van der Waals surface area (Å²) in [6, 6.07) is 13.9. The summed E-state index contributed by atoms with van der Waals surface area (Å²) in [6.45, 7) is 0. The van der Waals surface area contributed by atoms with Crippen molar-refractivity contribution in [2.75, 3.05) is 10.6 Å². The highest BCUT2D eigenvalue weighted by Crippen LogP contribution is 2.34. The van der Waals surface area contributed by atoms with E-state index in [2.05, 4.69) is 26.0 Å². The van der Waals surface area contributed by atoms with Gasteiger partial charge in [-0.3, -0.25) is 9.78 Å². The van der Waals surface area contributed by atoms with Gasteiger partial charge in [0, 0.05) is 40.8 Å². The number of thiophene rings is 1. The zero-order valence-corrected chi connectivity index (χ0v) is 15.0. The summed E-state index contributed by atoms with van der Waals surface area (Å²) >= 11 is 1.64. The molecule has 0 bridgehead atoms. The van der Waals surface area contributed by atoms with Crippen molar-refractivity contribution in [1.29, 1.82) is 0 Å². The summed E-state index contributed by atoms with van der Waals surface area (Å²) in [6.07, 6.45) is 5.29. The number of hydrogen-bond acceptors (Lipinski definition) is 5. The molecular formula is C21H14N4OS. The Morgan fingerprint density at radius 2 is 2.04 bits per heavy atom. The standard InChI is InChI=1S/C21H14N4OS/c26-21-18(11-23-16-3-4-19-13(8-16)2-1-6-22-19)17-9-15(10-24-20(17)25-21)14-5-7-27-12-14/h1-12,23H,(H,24,25,26)/b18-11-. The number of nitrogens with zero attached hydrogens (tertiary/aromatic N) is 2. The van der Waals surface area contributed by atoms with Crippen LogP contribution in [0.4, 0.5) is 11.5 Å². The van der Waals surface area contributed by atoms with Crippen molar-refractivity contribution in [2.45, 2.75) is 0 Å². The van der Waals surface area contributed by atoms with Gasteiger partial charge in [-0.25, -0.2) is 4.98 Å². The third-order valence-electron chi connectivity index (χ3n) is 4.50. The number of pyridine rings is 2. The first-order valence-electron chi connectivity index (χ1n) is 8.44. The summed E-state index contributed by atoms with van der Waals surface area (Å²) in [4.78, 5) is 21.1. The number of fused-ring (bicyclic) bond motifs is 2. The molecule has 0 spiro atoms. The average Bonchev–Trinajstić information content (AvgIpc) is 3.33. The second-order valence-corrected chi connectivity index (χ2v) is 6.98. The zero-order chi connectivity index (χ0) is 18.2. The molecule has 0 saturated heterocycles. The number of anilines is 2. The SMILES string of the molecule is O=C1Nc2ncc(-c3ccsc3)cc2/C1=C/Nc1ccc2ncccc2c1. The lowest BCUT2D eigenvalue weighted by atomic mass is 10.1. The van der Waals surface area contributed by atoms with Gasteiger partial charge in [-0.15, -0.1) is 0 Å². The molecule has 3 aromatic heterocycles. The van der Waals surface area contributed by atoms with E-state index in [1.807, 2.05) is 47.8 Å². The molecule has 5 nitrogen and oxygen atoms in total. The van der Waals surface area contributed by atoms with E-state index < -0.39 is 0 Å². The van der Waals surface area contributed by atoms with Crippen LogP contribution in [0.3, 0.4) is 0 Å². The molecule has 1 amide bonds. The minimum absolute atomic E-state index is 0.157. The fourth-order valence-electron chi connectivity index (χ4n) is 3.12. The fourth-order valence-corrected chi connectivity index (χ4v) is 3.78. The Morgan fingerprint density at radius 3 is 2.93 bits per heavy atom. The number of hydrogen-bond donors (Lipinski definition) is 2. The first-order chi connectivity index (χ1) is 13.3. The molecule has 1 aliphatic rings. The highest BCUT2D eigenvalue weighted by atomic mass is 32.1. The molecule has 27 heavy (non-hydrogen) atoms. The molecule has 4 aromatic rings. The van der Waals surface area contributed by atoms with E-state index in [0.717, 1.165) is 33.3 Å². The molecule has 2 N–H and O–H groups in total.